The van der Waals surface area contributed by atoms with Crippen LogP contribution >= 0.6 is 11.3 Å². The van der Waals surface area contributed by atoms with Gasteiger partial charge < -0.3 is 5.32 Å². The van der Waals surface area contributed by atoms with E-state index in [2.05, 4.69) is 62.4 Å². The number of fused-ring (bicyclic) bond motifs is 1. The smallest absolute Gasteiger partial charge is 0.0705 e. The quantitative estimate of drug-likeness (QED) is 0.805. The first-order valence-corrected chi connectivity index (χ1v) is 8.68. The maximum absolute atomic E-state index is 4.52. The highest BCUT2D eigenvalue weighted by atomic mass is 32.1. The van der Waals surface area contributed by atoms with Crippen LogP contribution in [0, 0.1) is 0 Å². The van der Waals surface area contributed by atoms with Crippen LogP contribution in [0.15, 0.2) is 53.4 Å². The molecule has 0 saturated carbocycles. The molecule has 22 heavy (non-hydrogen) atoms. The maximum atomic E-state index is 4.52. The number of nitrogens with zero attached hydrogens (tertiary/aromatic N) is 2. The van der Waals surface area contributed by atoms with Crippen LogP contribution in [0.3, 0.4) is 0 Å². The fourth-order valence-corrected chi connectivity index (χ4v) is 3.99. The van der Waals surface area contributed by atoms with E-state index in [1.54, 1.807) is 11.3 Å². The molecule has 4 heteroatoms. The van der Waals surface area contributed by atoms with E-state index in [9.17, 15) is 0 Å². The zero-order valence-electron chi connectivity index (χ0n) is 12.4. The second-order valence-corrected chi connectivity index (χ2v) is 6.44. The minimum absolute atomic E-state index is 0.321. The summed E-state index contributed by atoms with van der Waals surface area (Å²) >= 11 is 1.77. The topological polar surface area (TPSA) is 28.2 Å². The number of aromatic nitrogens is 1. The molecule has 1 aliphatic heterocycles. The molecule has 1 atom stereocenters. The predicted octanol–water partition coefficient (Wildman–Crippen LogP) is 3.29. The van der Waals surface area contributed by atoms with E-state index in [4.69, 9.17) is 0 Å². The third-order valence-electron chi connectivity index (χ3n) is 4.35. The first-order chi connectivity index (χ1) is 10.9. The lowest BCUT2D eigenvalue weighted by atomic mass is 9.95. The Bertz CT molecular complexity index is 743. The predicted molar refractivity (Wildman–Crippen MR) is 92.3 cm³/mol. The van der Waals surface area contributed by atoms with Crippen molar-refractivity contribution in [1.82, 2.24) is 15.2 Å². The molecule has 112 valence electrons. The van der Waals surface area contributed by atoms with Crippen molar-refractivity contribution in [3.8, 4) is 0 Å². The number of nitrogens with one attached hydrogen (secondary N) is 1. The van der Waals surface area contributed by atoms with Gasteiger partial charge in [0.15, 0.2) is 0 Å². The summed E-state index contributed by atoms with van der Waals surface area (Å²) in [5.74, 6) is 0. The van der Waals surface area contributed by atoms with Crippen LogP contribution in [0.2, 0.25) is 0 Å². The Morgan fingerprint density at radius 2 is 1.95 bits per heavy atom. The lowest BCUT2D eigenvalue weighted by Crippen LogP contribution is -2.45. The van der Waals surface area contributed by atoms with Crippen LogP contribution in [0.5, 0.6) is 0 Å². The van der Waals surface area contributed by atoms with Gasteiger partial charge in [-0.3, -0.25) is 9.88 Å². The van der Waals surface area contributed by atoms with Crippen molar-refractivity contribution in [3.05, 3.63) is 64.5 Å². The van der Waals surface area contributed by atoms with Crippen LogP contribution in [0.25, 0.3) is 10.9 Å². The molecule has 4 rings (SSSR count). The third-order valence-corrected chi connectivity index (χ3v) is 5.05. The van der Waals surface area contributed by atoms with Gasteiger partial charge in [-0.2, -0.15) is 11.3 Å². The minimum Gasteiger partial charge on any atom is -0.314 e. The van der Waals surface area contributed by atoms with Gasteiger partial charge in [-0.1, -0.05) is 18.2 Å². The summed E-state index contributed by atoms with van der Waals surface area (Å²) in [7, 11) is 0. The Labute approximate surface area is 134 Å². The Morgan fingerprint density at radius 1 is 1.09 bits per heavy atom. The Kier molecular flexibility index (Phi) is 3.89. The van der Waals surface area contributed by atoms with Crippen molar-refractivity contribution in [2.75, 3.05) is 26.2 Å². The number of piperazine rings is 1. The monoisotopic (exact) mass is 309 g/mol. The van der Waals surface area contributed by atoms with Crippen LogP contribution in [0.4, 0.5) is 0 Å². The first kappa shape index (κ1) is 13.9. The van der Waals surface area contributed by atoms with Crippen LogP contribution in [-0.2, 0) is 0 Å². The minimum atomic E-state index is 0.321. The largest absolute Gasteiger partial charge is 0.314 e. The molecule has 1 saturated heterocycles. The molecule has 3 nitrogen and oxygen atoms in total. The average molecular weight is 309 g/mol. The van der Waals surface area contributed by atoms with Crippen molar-refractivity contribution >= 4 is 22.2 Å². The van der Waals surface area contributed by atoms with Gasteiger partial charge in [0.25, 0.3) is 0 Å². The molecule has 0 amide bonds. The summed E-state index contributed by atoms with van der Waals surface area (Å²) in [5.41, 5.74) is 3.84. The summed E-state index contributed by atoms with van der Waals surface area (Å²) in [6.45, 7) is 4.28. The summed E-state index contributed by atoms with van der Waals surface area (Å²) in [4.78, 5) is 7.11. The van der Waals surface area contributed by atoms with Crippen molar-refractivity contribution in [2.24, 2.45) is 0 Å². The van der Waals surface area contributed by atoms with E-state index < -0.39 is 0 Å². The van der Waals surface area contributed by atoms with Crippen molar-refractivity contribution < 1.29 is 0 Å². The number of thiophene rings is 1. The second kappa shape index (κ2) is 6.16. The van der Waals surface area contributed by atoms with Crippen LogP contribution < -0.4 is 5.32 Å². The first-order valence-electron chi connectivity index (χ1n) is 7.74. The van der Waals surface area contributed by atoms with Gasteiger partial charge in [-0.05, 0) is 40.1 Å². The van der Waals surface area contributed by atoms with Gasteiger partial charge in [0.05, 0.1) is 11.6 Å². The molecule has 0 aliphatic carbocycles. The van der Waals surface area contributed by atoms with E-state index in [1.165, 1.54) is 16.5 Å². The fourth-order valence-electron chi connectivity index (χ4n) is 3.31. The highest BCUT2D eigenvalue weighted by Crippen LogP contribution is 2.34. The van der Waals surface area contributed by atoms with E-state index in [1.807, 2.05) is 6.20 Å². The molecule has 1 unspecified atom stereocenters. The highest BCUT2D eigenvalue weighted by molar-refractivity contribution is 7.08. The lowest BCUT2D eigenvalue weighted by Gasteiger charge is -2.35. The molecule has 0 spiro atoms. The van der Waals surface area contributed by atoms with Gasteiger partial charge in [0.2, 0.25) is 0 Å². The van der Waals surface area contributed by atoms with Crippen LogP contribution in [0.1, 0.15) is 17.2 Å². The molecule has 2 aromatic heterocycles. The molecule has 1 fully saturated rings. The maximum Gasteiger partial charge on any atom is 0.0705 e. The average Bonchev–Trinajstić information content (AvgIpc) is 3.11. The number of para-hydroxylation sites is 1. The molecule has 1 aromatic carbocycles. The number of pyridine rings is 1. The number of benzene rings is 1. The molecular weight excluding hydrogens is 290 g/mol. The molecule has 1 N–H and O–H groups in total. The van der Waals surface area contributed by atoms with Crippen molar-refractivity contribution in [3.63, 3.8) is 0 Å². The van der Waals surface area contributed by atoms with Gasteiger partial charge in [0, 0.05) is 37.8 Å². The normalized spacial score (nSPS) is 17.6. The van der Waals surface area contributed by atoms with Crippen molar-refractivity contribution in [2.45, 2.75) is 6.04 Å². The molecule has 3 heterocycles. The Balaban J connectivity index is 1.85. The summed E-state index contributed by atoms with van der Waals surface area (Å²) in [5, 5.41) is 9.17. The summed E-state index contributed by atoms with van der Waals surface area (Å²) < 4.78 is 0. The molecular formula is C18H19N3S. The van der Waals surface area contributed by atoms with Crippen molar-refractivity contribution in [1.29, 1.82) is 0 Å². The zero-order chi connectivity index (χ0) is 14.8. The van der Waals surface area contributed by atoms with E-state index in [0.29, 0.717) is 6.04 Å². The van der Waals surface area contributed by atoms with E-state index in [-0.39, 0.29) is 0 Å². The molecule has 0 bridgehead atoms. The Hall–Kier alpha value is -1.75. The van der Waals surface area contributed by atoms with E-state index in [0.717, 1.165) is 31.7 Å². The number of hydrogen-bond acceptors (Lipinski definition) is 4. The van der Waals surface area contributed by atoms with Crippen LogP contribution in [-0.4, -0.2) is 36.1 Å². The van der Waals surface area contributed by atoms with Gasteiger partial charge in [0.1, 0.15) is 0 Å². The summed E-state index contributed by atoms with van der Waals surface area (Å²) in [6.07, 6.45) is 1.94. The Morgan fingerprint density at radius 3 is 2.77 bits per heavy atom. The number of hydrogen-bond donors (Lipinski definition) is 1. The second-order valence-electron chi connectivity index (χ2n) is 5.66. The SMILES string of the molecule is c1ccc2c(C(c3ccsc3)N3CCNCC3)ccnc2c1. The fraction of sp³-hybridized carbons (Fsp3) is 0.278. The standard InChI is InChI=1S/C18H19N3S/c1-2-4-17-15(3-1)16(5-7-20-17)18(14-6-12-22-13-14)21-10-8-19-9-11-21/h1-7,12-13,18-19H,8-11H2. The van der Waals surface area contributed by atoms with E-state index >= 15 is 0 Å². The van der Waals surface area contributed by atoms with Gasteiger partial charge >= 0.3 is 0 Å². The summed E-state index contributed by atoms with van der Waals surface area (Å²) in [6, 6.07) is 13.2. The molecule has 0 radical (unpaired) electrons. The highest BCUT2D eigenvalue weighted by Gasteiger charge is 2.25. The lowest BCUT2D eigenvalue weighted by molar-refractivity contribution is 0.199. The van der Waals surface area contributed by atoms with Gasteiger partial charge in [-0.15, -0.1) is 0 Å². The zero-order valence-corrected chi connectivity index (χ0v) is 13.2. The number of rotatable bonds is 3. The molecule has 1 aliphatic rings. The third kappa shape index (κ3) is 2.54. The molecule has 3 aromatic rings. The van der Waals surface area contributed by atoms with Gasteiger partial charge in [-0.25, -0.2) is 0 Å².